The second-order valence-corrected chi connectivity index (χ2v) is 22.9. The number of carboxylic acid groups (broad SMARTS) is 1. The molecule has 0 aromatic carbocycles. The lowest BCUT2D eigenvalue weighted by molar-refractivity contribution is -0.410. The Labute approximate surface area is 483 Å². The number of aliphatic hydroxyl groups excluding tert-OH is 9. The van der Waals surface area contributed by atoms with Crippen molar-refractivity contribution in [3.05, 3.63) is 12.2 Å². The van der Waals surface area contributed by atoms with Crippen molar-refractivity contribution < 1.29 is 93.9 Å². The van der Waals surface area contributed by atoms with Crippen LogP contribution in [0.2, 0.25) is 0 Å². The molecule has 0 radical (unpaired) electrons. The summed E-state index contributed by atoms with van der Waals surface area (Å²) < 4.78 is 35.1. The van der Waals surface area contributed by atoms with Gasteiger partial charge in [0.05, 0.1) is 49.7 Å². The van der Waals surface area contributed by atoms with E-state index in [-0.39, 0.29) is 25.1 Å². The van der Waals surface area contributed by atoms with Gasteiger partial charge >= 0.3 is 0 Å². The molecule has 18 atom stereocenters. The molecular weight excluding hydrogens is 1050 g/mol. The Bertz CT molecular complexity index is 1710. The highest BCUT2D eigenvalue weighted by atomic mass is 16.8. The number of carbonyl (C=O) groups excluding carboxylic acids is 3. The van der Waals surface area contributed by atoms with Crippen LogP contribution in [-0.2, 0) is 42.8 Å². The Morgan fingerprint density at radius 1 is 0.667 bits per heavy atom. The van der Waals surface area contributed by atoms with Crippen LogP contribution in [-0.4, -0.2) is 187 Å². The lowest BCUT2D eigenvalue weighted by atomic mass is 9.88. The number of quaternary nitrogens is 1. The Hall–Kier alpha value is -2.49. The van der Waals surface area contributed by atoms with E-state index >= 15 is 0 Å². The van der Waals surface area contributed by atoms with Gasteiger partial charge in [-0.1, -0.05) is 180 Å². The molecule has 0 saturated carbocycles. The Kier molecular flexibility index (Phi) is 38.3. The van der Waals surface area contributed by atoms with E-state index in [0.717, 1.165) is 51.9 Å². The minimum atomic E-state index is -3.07. The molecule has 18 unspecified atom stereocenters. The van der Waals surface area contributed by atoms with Crippen molar-refractivity contribution in [2.75, 3.05) is 13.2 Å². The molecule has 15 N–H and O–H groups in total. The monoisotopic (exact) mass is 1170 g/mol. The van der Waals surface area contributed by atoms with E-state index in [9.17, 15) is 65.4 Å². The minimum absolute atomic E-state index is 0. The molecule has 0 aromatic heterocycles. The van der Waals surface area contributed by atoms with E-state index in [1.807, 2.05) is 6.08 Å². The molecule has 3 saturated heterocycles. The number of amides is 2. The van der Waals surface area contributed by atoms with Gasteiger partial charge < -0.3 is 101 Å². The van der Waals surface area contributed by atoms with Gasteiger partial charge in [-0.25, -0.2) is 0 Å². The number of hydrogen-bond acceptors (Lipinski definition) is 19. The highest BCUT2D eigenvalue weighted by Crippen LogP contribution is 2.38. The summed E-state index contributed by atoms with van der Waals surface area (Å²) in [7, 11) is 0. The van der Waals surface area contributed by atoms with Gasteiger partial charge in [-0.05, 0) is 33.1 Å². The van der Waals surface area contributed by atoms with Gasteiger partial charge in [0.25, 0.3) is 0 Å². The average molecular weight is 1170 g/mol. The second-order valence-electron chi connectivity index (χ2n) is 22.9. The van der Waals surface area contributed by atoms with Crippen LogP contribution >= 0.6 is 0 Å². The molecule has 3 aliphatic heterocycles. The van der Waals surface area contributed by atoms with Crippen LogP contribution in [0.5, 0.6) is 0 Å². The number of aliphatic hydroxyl groups is 9. The predicted octanol–water partition coefficient (Wildman–Crippen LogP) is 4.26. The SMILES string of the molecule is CCCCCCCCCCCCC/C=C/C(O)C(COC1OC(C)C(OC2OC(C)C(O)C(OC3(C(=O)[O-])CC(O)C(NC(C)=O)C(C(O)C(O)CO)O3)C2O)C(O)C1O)NC(=O)CCCCCCCCCCCCCCCCC.[NH4+]. The first-order valence-corrected chi connectivity index (χ1v) is 30.8. The predicted molar refractivity (Wildman–Crippen MR) is 302 cm³/mol. The van der Waals surface area contributed by atoms with Crippen LogP contribution in [0.1, 0.15) is 221 Å². The fourth-order valence-corrected chi connectivity index (χ4v) is 10.9. The van der Waals surface area contributed by atoms with Gasteiger partial charge in [0, 0.05) is 19.8 Å². The fourth-order valence-electron chi connectivity index (χ4n) is 10.9. The lowest BCUT2D eigenvalue weighted by Gasteiger charge is -2.52. The van der Waals surface area contributed by atoms with E-state index in [2.05, 4.69) is 24.5 Å². The van der Waals surface area contributed by atoms with Gasteiger partial charge in [0.1, 0.15) is 60.9 Å². The maximum atomic E-state index is 13.3. The molecule has 2 amide bonds. The highest BCUT2D eigenvalue weighted by Gasteiger charge is 2.57. The Balaban J connectivity index is 0.0000224. The summed E-state index contributed by atoms with van der Waals surface area (Å²) in [6.07, 6.45) is 9.10. The Morgan fingerprint density at radius 3 is 1.65 bits per heavy atom. The van der Waals surface area contributed by atoms with Gasteiger partial charge in [0.15, 0.2) is 12.6 Å². The molecule has 81 heavy (non-hydrogen) atoms. The zero-order valence-corrected chi connectivity index (χ0v) is 50.0. The summed E-state index contributed by atoms with van der Waals surface area (Å²) in [6, 6.07) is -2.49. The van der Waals surface area contributed by atoms with Crippen LogP contribution < -0.4 is 21.9 Å². The first-order chi connectivity index (χ1) is 38.3. The van der Waals surface area contributed by atoms with E-state index in [4.69, 9.17) is 28.4 Å². The fraction of sp³-hybridized carbons (Fsp3) is 0.915. The van der Waals surface area contributed by atoms with Crippen LogP contribution in [0, 0.1) is 0 Å². The number of ether oxygens (including phenoxy) is 6. The minimum Gasteiger partial charge on any atom is -0.544 e. The lowest BCUT2D eigenvalue weighted by Crippen LogP contribution is -2.72. The third-order valence-electron chi connectivity index (χ3n) is 15.9. The smallest absolute Gasteiger partial charge is 0.220 e. The zero-order valence-electron chi connectivity index (χ0n) is 50.0. The number of unbranched alkanes of at least 4 members (excludes halogenated alkanes) is 25. The maximum Gasteiger partial charge on any atom is 0.220 e. The number of carboxylic acids is 1. The number of aliphatic carboxylic acids is 1. The van der Waals surface area contributed by atoms with Gasteiger partial charge in [-0.15, -0.1) is 0 Å². The molecule has 0 bridgehead atoms. The first kappa shape index (κ1) is 74.6. The molecule has 0 spiro atoms. The largest absolute Gasteiger partial charge is 0.544 e. The van der Waals surface area contributed by atoms with Crippen LogP contribution in [0.4, 0.5) is 0 Å². The topological polar surface area (TPSA) is 372 Å². The van der Waals surface area contributed by atoms with Crippen LogP contribution in [0.3, 0.4) is 0 Å². The van der Waals surface area contributed by atoms with Gasteiger partial charge in [-0.2, -0.15) is 0 Å². The third-order valence-corrected chi connectivity index (χ3v) is 15.9. The van der Waals surface area contributed by atoms with Gasteiger partial charge in [-0.3, -0.25) is 9.59 Å². The summed E-state index contributed by atoms with van der Waals surface area (Å²) in [5.41, 5.74) is 0. The first-order valence-electron chi connectivity index (χ1n) is 30.8. The zero-order chi connectivity index (χ0) is 59.0. The third kappa shape index (κ3) is 26.3. The maximum absolute atomic E-state index is 13.3. The molecule has 476 valence electrons. The summed E-state index contributed by atoms with van der Waals surface area (Å²) >= 11 is 0. The van der Waals surface area contributed by atoms with Crippen LogP contribution in [0.25, 0.3) is 0 Å². The number of carbonyl (C=O) groups is 3. The highest BCUT2D eigenvalue weighted by molar-refractivity contribution is 5.76. The van der Waals surface area contributed by atoms with Crippen molar-refractivity contribution in [2.45, 2.75) is 331 Å². The normalized spacial score (nSPS) is 30.3. The molecule has 22 heteroatoms. The average Bonchev–Trinajstić information content (AvgIpc) is 3.63. The number of nitrogens with one attached hydrogen (secondary N) is 2. The van der Waals surface area contributed by atoms with Crippen molar-refractivity contribution in [1.29, 1.82) is 0 Å². The van der Waals surface area contributed by atoms with Crippen molar-refractivity contribution in [3.63, 3.8) is 0 Å². The van der Waals surface area contributed by atoms with Crippen molar-refractivity contribution in [1.82, 2.24) is 16.8 Å². The molecule has 0 aromatic rings. The van der Waals surface area contributed by atoms with Crippen molar-refractivity contribution in [2.24, 2.45) is 0 Å². The van der Waals surface area contributed by atoms with E-state index in [1.165, 1.54) is 136 Å². The Morgan fingerprint density at radius 2 is 1.16 bits per heavy atom. The van der Waals surface area contributed by atoms with Crippen LogP contribution in [0.15, 0.2) is 12.2 Å². The molecule has 3 fully saturated rings. The summed E-state index contributed by atoms with van der Waals surface area (Å²) in [4.78, 5) is 38.2. The van der Waals surface area contributed by atoms with E-state index in [0.29, 0.717) is 6.42 Å². The van der Waals surface area contributed by atoms with Crippen molar-refractivity contribution in [3.8, 4) is 0 Å². The molecule has 3 heterocycles. The summed E-state index contributed by atoms with van der Waals surface area (Å²) in [5.74, 6) is -6.21. The van der Waals surface area contributed by atoms with E-state index in [1.54, 1.807) is 6.08 Å². The molecular formula is C59H111N3O19. The summed E-state index contributed by atoms with van der Waals surface area (Å²) in [5, 5.41) is 117. The van der Waals surface area contributed by atoms with Gasteiger partial charge in [0.2, 0.25) is 17.6 Å². The molecule has 0 aliphatic carbocycles. The number of hydrogen-bond donors (Lipinski definition) is 12. The molecule has 22 nitrogen and oxygen atoms in total. The number of rotatable bonds is 43. The van der Waals surface area contributed by atoms with E-state index < -0.39 is 135 Å². The molecule has 3 aliphatic rings. The summed E-state index contributed by atoms with van der Waals surface area (Å²) in [6.45, 7) is 6.98. The number of allylic oxidation sites excluding steroid dienone is 1. The standard InChI is InChI=1S/C59H108N2O19.H3N/c1-6-8-10-12-14-16-18-20-21-23-25-27-29-31-33-35-46(67)61-42(43(64)34-32-30-28-26-24-22-19-17-15-13-11-9-7-2)38-75-56-51(71)50(70)53(40(4)77-56)78-57-52(72)55(48(68)39(3)76-57)80-59(58(73)74)36-44(65)47(60-41(5)63)54(79-59)49(69)45(66)37-62;/h32,34,39-40,42-45,47-57,62,64-66,68-72H,6-31,33,35-38H2,1-5H3,(H,60,63)(H,61,67)(H,73,74);1H3/b34-32+;. The van der Waals surface area contributed by atoms with Crippen molar-refractivity contribution >= 4 is 17.8 Å². The second kappa shape index (κ2) is 41.5. The quantitative estimate of drug-likeness (QED) is 0.0300. The molecule has 3 rings (SSSR count).